The molecule has 150 valence electrons. The molecule has 2 aromatic rings. The molecule has 0 saturated carbocycles. The van der Waals surface area contributed by atoms with Crippen molar-refractivity contribution in [1.29, 1.82) is 0 Å². The predicted octanol–water partition coefficient (Wildman–Crippen LogP) is 3.36. The van der Waals surface area contributed by atoms with E-state index in [1.807, 2.05) is 0 Å². The van der Waals surface area contributed by atoms with Crippen LogP contribution >= 0.6 is 0 Å². The van der Waals surface area contributed by atoms with Gasteiger partial charge in [0, 0.05) is 25.2 Å². The zero-order valence-electron chi connectivity index (χ0n) is 15.7. The number of amides is 1. The fourth-order valence-corrected chi connectivity index (χ4v) is 4.84. The van der Waals surface area contributed by atoms with Crippen molar-refractivity contribution >= 4 is 15.9 Å². The zero-order valence-corrected chi connectivity index (χ0v) is 16.6. The van der Waals surface area contributed by atoms with Crippen molar-refractivity contribution in [1.82, 2.24) is 9.62 Å². The Labute approximate surface area is 165 Å². The third kappa shape index (κ3) is 4.97. The lowest BCUT2D eigenvalue weighted by atomic mass is 10.1. The van der Waals surface area contributed by atoms with Crippen LogP contribution in [0.25, 0.3) is 0 Å². The molecule has 0 aliphatic carbocycles. The monoisotopic (exact) mass is 404 g/mol. The molecule has 1 N–H and O–H groups in total. The van der Waals surface area contributed by atoms with E-state index in [1.54, 1.807) is 18.2 Å². The van der Waals surface area contributed by atoms with E-state index < -0.39 is 10.0 Å². The fraction of sp³-hybridized carbons (Fsp3) is 0.381. The number of halogens is 1. The van der Waals surface area contributed by atoms with Gasteiger partial charge in [0.2, 0.25) is 10.0 Å². The third-order valence-electron chi connectivity index (χ3n) is 4.96. The van der Waals surface area contributed by atoms with Gasteiger partial charge in [-0.3, -0.25) is 4.79 Å². The quantitative estimate of drug-likeness (QED) is 0.803. The molecule has 0 unspecified atom stereocenters. The maximum absolute atomic E-state index is 13.6. The summed E-state index contributed by atoms with van der Waals surface area (Å²) in [6, 6.07) is 12.4. The highest BCUT2D eigenvalue weighted by Crippen LogP contribution is 2.20. The normalized spacial score (nSPS) is 15.8. The van der Waals surface area contributed by atoms with E-state index >= 15 is 0 Å². The van der Waals surface area contributed by atoms with Gasteiger partial charge in [-0.15, -0.1) is 0 Å². The number of nitrogens with zero attached hydrogens (tertiary/aromatic N) is 1. The summed E-state index contributed by atoms with van der Waals surface area (Å²) in [5.41, 5.74) is 0.921. The minimum Gasteiger partial charge on any atom is -0.352 e. The zero-order chi connectivity index (χ0) is 20.0. The molecular formula is C21H25FN2O3S. The van der Waals surface area contributed by atoms with Crippen molar-refractivity contribution in [2.45, 2.75) is 37.0 Å². The van der Waals surface area contributed by atoms with E-state index in [2.05, 4.69) is 5.32 Å². The number of hydrogen-bond acceptors (Lipinski definition) is 3. The molecule has 7 heteroatoms. The highest BCUT2D eigenvalue weighted by atomic mass is 32.2. The summed E-state index contributed by atoms with van der Waals surface area (Å²) in [5.74, 6) is -0.602. The maximum Gasteiger partial charge on any atom is 0.251 e. The van der Waals surface area contributed by atoms with Crippen LogP contribution in [-0.2, 0) is 16.4 Å². The number of nitrogens with one attached hydrogen (secondary N) is 1. The van der Waals surface area contributed by atoms with E-state index in [-0.39, 0.29) is 16.6 Å². The predicted molar refractivity (Wildman–Crippen MR) is 106 cm³/mol. The van der Waals surface area contributed by atoms with Crippen LogP contribution in [0.5, 0.6) is 0 Å². The molecule has 1 fully saturated rings. The maximum atomic E-state index is 13.6. The first-order valence-corrected chi connectivity index (χ1v) is 11.0. The smallest absolute Gasteiger partial charge is 0.251 e. The van der Waals surface area contributed by atoms with Crippen LogP contribution in [0.4, 0.5) is 4.39 Å². The summed E-state index contributed by atoms with van der Waals surface area (Å²) >= 11 is 0. The largest absolute Gasteiger partial charge is 0.352 e. The Morgan fingerprint density at radius 2 is 1.61 bits per heavy atom. The number of rotatable bonds is 6. The Bertz CT molecular complexity index is 906. The molecule has 1 amide bonds. The summed E-state index contributed by atoms with van der Waals surface area (Å²) in [7, 11) is -3.53. The molecule has 0 aromatic heterocycles. The molecule has 3 rings (SSSR count). The molecule has 2 aromatic carbocycles. The summed E-state index contributed by atoms with van der Waals surface area (Å²) in [4.78, 5) is 12.5. The molecule has 28 heavy (non-hydrogen) atoms. The highest BCUT2D eigenvalue weighted by molar-refractivity contribution is 7.89. The van der Waals surface area contributed by atoms with Gasteiger partial charge in [-0.2, -0.15) is 4.31 Å². The van der Waals surface area contributed by atoms with Crippen molar-refractivity contribution in [2.75, 3.05) is 19.6 Å². The summed E-state index contributed by atoms with van der Waals surface area (Å²) in [5, 5.41) is 2.74. The summed E-state index contributed by atoms with van der Waals surface area (Å²) in [6.45, 7) is 1.38. The average Bonchev–Trinajstić information content (AvgIpc) is 2.99. The van der Waals surface area contributed by atoms with Crippen LogP contribution in [0.2, 0.25) is 0 Å². The first-order chi connectivity index (χ1) is 13.5. The van der Waals surface area contributed by atoms with Gasteiger partial charge in [0.25, 0.3) is 5.91 Å². The molecule has 1 heterocycles. The minimum atomic E-state index is -3.53. The molecule has 1 aliphatic rings. The second-order valence-corrected chi connectivity index (χ2v) is 8.88. The molecule has 0 bridgehead atoms. The molecular weight excluding hydrogens is 379 g/mol. The molecule has 5 nitrogen and oxygen atoms in total. The van der Waals surface area contributed by atoms with E-state index in [0.717, 1.165) is 25.7 Å². The lowest BCUT2D eigenvalue weighted by Gasteiger charge is -2.20. The van der Waals surface area contributed by atoms with Crippen molar-refractivity contribution in [2.24, 2.45) is 0 Å². The van der Waals surface area contributed by atoms with Crippen LogP contribution in [0, 0.1) is 5.82 Å². The first-order valence-electron chi connectivity index (χ1n) is 9.60. The lowest BCUT2D eigenvalue weighted by Crippen LogP contribution is -2.32. The number of sulfonamides is 1. The Morgan fingerprint density at radius 3 is 2.25 bits per heavy atom. The standard InChI is InChI=1S/C21H25FN2O3S/c22-20-8-4-3-7-17(20)13-14-23-21(25)18-9-11-19(12-10-18)28(26,27)24-15-5-1-2-6-16-24/h3-4,7-12H,1-2,5-6,13-16H2,(H,23,25). The van der Waals surface area contributed by atoms with Gasteiger partial charge < -0.3 is 5.32 Å². The molecule has 1 saturated heterocycles. The topological polar surface area (TPSA) is 66.5 Å². The van der Waals surface area contributed by atoms with Crippen molar-refractivity contribution in [3.63, 3.8) is 0 Å². The van der Waals surface area contributed by atoms with Crippen LogP contribution in [0.15, 0.2) is 53.4 Å². The molecule has 0 radical (unpaired) electrons. The van der Waals surface area contributed by atoms with Crippen molar-refractivity contribution < 1.29 is 17.6 Å². The number of hydrogen-bond donors (Lipinski definition) is 1. The van der Waals surface area contributed by atoms with Gasteiger partial charge >= 0.3 is 0 Å². The summed E-state index contributed by atoms with van der Waals surface area (Å²) < 4.78 is 40.7. The second-order valence-electron chi connectivity index (χ2n) is 6.94. The average molecular weight is 405 g/mol. The van der Waals surface area contributed by atoms with Gasteiger partial charge in [-0.1, -0.05) is 31.0 Å². The van der Waals surface area contributed by atoms with Crippen LogP contribution in [-0.4, -0.2) is 38.3 Å². The van der Waals surface area contributed by atoms with E-state index in [9.17, 15) is 17.6 Å². The Hall–Kier alpha value is -2.25. The van der Waals surface area contributed by atoms with Crippen molar-refractivity contribution in [3.05, 3.63) is 65.5 Å². The van der Waals surface area contributed by atoms with E-state index in [4.69, 9.17) is 0 Å². The summed E-state index contributed by atoms with van der Waals surface area (Å²) in [6.07, 6.45) is 4.25. The van der Waals surface area contributed by atoms with Gasteiger partial charge in [-0.25, -0.2) is 12.8 Å². The van der Waals surface area contributed by atoms with Crippen LogP contribution in [0.3, 0.4) is 0 Å². The molecule has 0 spiro atoms. The number of carbonyl (C=O) groups excluding carboxylic acids is 1. The fourth-order valence-electron chi connectivity index (χ4n) is 3.32. The molecule has 0 atom stereocenters. The van der Waals surface area contributed by atoms with Gasteiger partial charge in [0.05, 0.1) is 4.90 Å². The van der Waals surface area contributed by atoms with Crippen LogP contribution < -0.4 is 5.32 Å². The SMILES string of the molecule is O=C(NCCc1ccccc1F)c1ccc(S(=O)(=O)N2CCCCCC2)cc1. The first kappa shape index (κ1) is 20.5. The van der Waals surface area contributed by atoms with Crippen LogP contribution in [0.1, 0.15) is 41.6 Å². The van der Waals surface area contributed by atoms with E-state index in [0.29, 0.717) is 37.2 Å². The lowest BCUT2D eigenvalue weighted by molar-refractivity contribution is 0.0954. The minimum absolute atomic E-state index is 0.206. The Morgan fingerprint density at radius 1 is 0.964 bits per heavy atom. The van der Waals surface area contributed by atoms with Gasteiger partial charge in [0.15, 0.2) is 0 Å². The second kappa shape index (κ2) is 9.30. The molecule has 1 aliphatic heterocycles. The Kier molecular flexibility index (Phi) is 6.80. The third-order valence-corrected chi connectivity index (χ3v) is 6.87. The van der Waals surface area contributed by atoms with Gasteiger partial charge in [-0.05, 0) is 55.2 Å². The van der Waals surface area contributed by atoms with Gasteiger partial charge in [0.1, 0.15) is 5.82 Å². The van der Waals surface area contributed by atoms with Crippen molar-refractivity contribution in [3.8, 4) is 0 Å². The number of benzene rings is 2. The number of carbonyl (C=O) groups is 1. The van der Waals surface area contributed by atoms with E-state index in [1.165, 1.54) is 34.6 Å². The Balaban J connectivity index is 1.60. The highest BCUT2D eigenvalue weighted by Gasteiger charge is 2.25.